The number of amides is 2. The van der Waals surface area contributed by atoms with Gasteiger partial charge in [0.25, 0.3) is 0 Å². The van der Waals surface area contributed by atoms with Gasteiger partial charge in [0.05, 0.1) is 13.1 Å². The van der Waals surface area contributed by atoms with Crippen LogP contribution >= 0.6 is 0 Å². The van der Waals surface area contributed by atoms with Gasteiger partial charge in [0.1, 0.15) is 0 Å². The first-order chi connectivity index (χ1) is 15.0. The molecule has 0 spiro atoms. The highest BCUT2D eigenvalue weighted by atomic mass is 16.2. The SMILES string of the molecule is Cc1ccc(NC(=O)CN(C)C(=O)CNC(Cc2ccccc2)c2ccccc2)cc1. The van der Waals surface area contributed by atoms with Gasteiger partial charge in [-0.1, -0.05) is 78.4 Å². The third-order valence-electron chi connectivity index (χ3n) is 5.13. The summed E-state index contributed by atoms with van der Waals surface area (Å²) in [5.41, 5.74) is 4.17. The van der Waals surface area contributed by atoms with Gasteiger partial charge in [-0.25, -0.2) is 0 Å². The highest BCUT2D eigenvalue weighted by Gasteiger charge is 2.17. The van der Waals surface area contributed by atoms with Crippen LogP contribution in [0.25, 0.3) is 0 Å². The van der Waals surface area contributed by atoms with Crippen LogP contribution in [-0.2, 0) is 16.0 Å². The Bertz CT molecular complexity index is 973. The molecule has 2 N–H and O–H groups in total. The van der Waals surface area contributed by atoms with Crippen LogP contribution in [0.3, 0.4) is 0 Å². The lowest BCUT2D eigenvalue weighted by Crippen LogP contribution is -2.41. The van der Waals surface area contributed by atoms with Crippen LogP contribution in [0.2, 0.25) is 0 Å². The molecule has 0 aliphatic rings. The van der Waals surface area contributed by atoms with Crippen LogP contribution in [0.15, 0.2) is 84.9 Å². The molecule has 1 unspecified atom stereocenters. The molecule has 0 saturated heterocycles. The minimum Gasteiger partial charge on any atom is -0.335 e. The molecule has 0 aliphatic heterocycles. The van der Waals surface area contributed by atoms with Crippen LogP contribution in [0.4, 0.5) is 5.69 Å². The predicted octanol–water partition coefficient (Wildman–Crippen LogP) is 3.97. The summed E-state index contributed by atoms with van der Waals surface area (Å²) in [6.07, 6.45) is 0.774. The third-order valence-corrected chi connectivity index (χ3v) is 5.13. The summed E-state index contributed by atoms with van der Waals surface area (Å²) in [4.78, 5) is 26.4. The number of hydrogen-bond acceptors (Lipinski definition) is 3. The summed E-state index contributed by atoms with van der Waals surface area (Å²) in [6, 6.07) is 27.9. The van der Waals surface area contributed by atoms with Gasteiger partial charge in [-0.3, -0.25) is 9.59 Å². The third kappa shape index (κ3) is 7.08. The molecule has 3 rings (SSSR count). The number of carbonyl (C=O) groups is 2. The van der Waals surface area contributed by atoms with Crippen LogP contribution in [0, 0.1) is 6.92 Å². The minimum absolute atomic E-state index is 0.00216. The highest BCUT2D eigenvalue weighted by Crippen LogP contribution is 2.18. The second kappa shape index (κ2) is 11.1. The highest BCUT2D eigenvalue weighted by molar-refractivity contribution is 5.94. The van der Waals surface area contributed by atoms with Gasteiger partial charge in [0.15, 0.2) is 0 Å². The van der Waals surface area contributed by atoms with Gasteiger partial charge >= 0.3 is 0 Å². The summed E-state index contributed by atoms with van der Waals surface area (Å²) in [7, 11) is 1.65. The van der Waals surface area contributed by atoms with E-state index in [1.807, 2.05) is 67.6 Å². The number of aryl methyl sites for hydroxylation is 1. The van der Waals surface area contributed by atoms with Crippen molar-refractivity contribution in [2.75, 3.05) is 25.5 Å². The fourth-order valence-electron chi connectivity index (χ4n) is 3.33. The molecule has 5 nitrogen and oxygen atoms in total. The summed E-state index contributed by atoms with van der Waals surface area (Å²) in [6.45, 7) is 2.15. The summed E-state index contributed by atoms with van der Waals surface area (Å²) in [5, 5.41) is 6.20. The lowest BCUT2D eigenvalue weighted by molar-refractivity contribution is -0.132. The second-order valence-electron chi connectivity index (χ2n) is 7.70. The zero-order valence-electron chi connectivity index (χ0n) is 18.0. The molecule has 0 fully saturated rings. The van der Waals surface area contributed by atoms with Gasteiger partial charge in [-0.15, -0.1) is 0 Å². The van der Waals surface area contributed by atoms with Gasteiger partial charge in [-0.2, -0.15) is 0 Å². The van der Waals surface area contributed by atoms with E-state index in [2.05, 4.69) is 34.9 Å². The van der Waals surface area contributed by atoms with E-state index in [1.165, 1.54) is 10.5 Å². The maximum absolute atomic E-state index is 12.6. The fraction of sp³-hybridized carbons (Fsp3) is 0.231. The zero-order valence-corrected chi connectivity index (χ0v) is 18.0. The Morgan fingerprint density at radius 3 is 2.13 bits per heavy atom. The van der Waals surface area contributed by atoms with Crippen molar-refractivity contribution < 1.29 is 9.59 Å². The van der Waals surface area contributed by atoms with Gasteiger partial charge in [-0.05, 0) is 36.6 Å². The normalized spacial score (nSPS) is 11.5. The fourth-order valence-corrected chi connectivity index (χ4v) is 3.33. The molecule has 0 bridgehead atoms. The molecule has 0 aromatic heterocycles. The molecular weight excluding hydrogens is 386 g/mol. The molecule has 0 radical (unpaired) electrons. The van der Waals surface area contributed by atoms with Crippen LogP contribution in [-0.4, -0.2) is 36.9 Å². The van der Waals surface area contributed by atoms with Gasteiger partial charge < -0.3 is 15.5 Å². The van der Waals surface area contributed by atoms with E-state index in [1.54, 1.807) is 7.05 Å². The number of likely N-dealkylation sites (N-methyl/N-ethyl adjacent to an activating group) is 1. The van der Waals surface area contributed by atoms with E-state index >= 15 is 0 Å². The summed E-state index contributed by atoms with van der Waals surface area (Å²) >= 11 is 0. The zero-order chi connectivity index (χ0) is 22.1. The van der Waals surface area contributed by atoms with Crippen LogP contribution in [0.1, 0.15) is 22.7 Å². The van der Waals surface area contributed by atoms with Crippen LogP contribution < -0.4 is 10.6 Å². The molecule has 0 aliphatic carbocycles. The Balaban J connectivity index is 1.55. The first-order valence-corrected chi connectivity index (χ1v) is 10.4. The molecule has 3 aromatic rings. The van der Waals surface area contributed by atoms with E-state index < -0.39 is 0 Å². The maximum Gasteiger partial charge on any atom is 0.243 e. The molecule has 0 heterocycles. The average Bonchev–Trinajstić information content (AvgIpc) is 2.79. The smallest absolute Gasteiger partial charge is 0.243 e. The Morgan fingerprint density at radius 1 is 0.871 bits per heavy atom. The van der Waals surface area contributed by atoms with E-state index in [4.69, 9.17) is 0 Å². The van der Waals surface area contributed by atoms with Crippen molar-refractivity contribution in [3.63, 3.8) is 0 Å². The van der Waals surface area contributed by atoms with Crippen molar-refractivity contribution in [3.8, 4) is 0 Å². The number of anilines is 1. The molecule has 2 amide bonds. The van der Waals surface area contributed by atoms with E-state index in [9.17, 15) is 9.59 Å². The van der Waals surface area contributed by atoms with Crippen molar-refractivity contribution >= 4 is 17.5 Å². The standard InChI is InChI=1S/C26H29N3O2/c1-20-13-15-23(16-14-20)28-25(30)19-29(2)26(31)18-27-24(22-11-7-4-8-12-22)17-21-9-5-3-6-10-21/h3-16,24,27H,17-19H2,1-2H3,(H,28,30). The molecule has 5 heteroatoms. The number of hydrogen-bond donors (Lipinski definition) is 2. The summed E-state index contributed by atoms with van der Waals surface area (Å²) < 4.78 is 0. The van der Waals surface area contributed by atoms with E-state index in [-0.39, 0.29) is 30.9 Å². The minimum atomic E-state index is -0.219. The Morgan fingerprint density at radius 2 is 1.48 bits per heavy atom. The van der Waals surface area contributed by atoms with E-state index in [0.717, 1.165) is 23.2 Å². The number of benzene rings is 3. The van der Waals surface area contributed by atoms with Gasteiger partial charge in [0.2, 0.25) is 11.8 Å². The predicted molar refractivity (Wildman–Crippen MR) is 125 cm³/mol. The molecule has 1 atom stereocenters. The number of nitrogens with zero attached hydrogens (tertiary/aromatic N) is 1. The van der Waals surface area contributed by atoms with Crippen molar-refractivity contribution in [2.45, 2.75) is 19.4 Å². The van der Waals surface area contributed by atoms with Gasteiger partial charge in [0, 0.05) is 18.8 Å². The van der Waals surface area contributed by atoms with Crippen molar-refractivity contribution in [2.24, 2.45) is 0 Å². The number of nitrogens with one attached hydrogen (secondary N) is 2. The van der Waals surface area contributed by atoms with Crippen molar-refractivity contribution in [3.05, 3.63) is 102 Å². The Labute approximate surface area is 184 Å². The lowest BCUT2D eigenvalue weighted by atomic mass is 9.99. The second-order valence-corrected chi connectivity index (χ2v) is 7.70. The van der Waals surface area contributed by atoms with Crippen LogP contribution in [0.5, 0.6) is 0 Å². The molecule has 0 saturated carbocycles. The largest absolute Gasteiger partial charge is 0.335 e. The van der Waals surface area contributed by atoms with E-state index in [0.29, 0.717) is 0 Å². The van der Waals surface area contributed by atoms with Crippen molar-refractivity contribution in [1.82, 2.24) is 10.2 Å². The maximum atomic E-state index is 12.6. The average molecular weight is 416 g/mol. The quantitative estimate of drug-likeness (QED) is 0.556. The monoisotopic (exact) mass is 415 g/mol. The lowest BCUT2D eigenvalue weighted by Gasteiger charge is -2.22. The van der Waals surface area contributed by atoms with Crippen molar-refractivity contribution in [1.29, 1.82) is 0 Å². The summed E-state index contributed by atoms with van der Waals surface area (Å²) in [5.74, 6) is -0.350. The molecule has 31 heavy (non-hydrogen) atoms. The molecular formula is C26H29N3O2. The topological polar surface area (TPSA) is 61.4 Å². The number of carbonyl (C=O) groups excluding carboxylic acids is 2. The first kappa shape index (κ1) is 22.2. The Hall–Kier alpha value is -3.44. The number of rotatable bonds is 9. The first-order valence-electron chi connectivity index (χ1n) is 10.4. The Kier molecular flexibility index (Phi) is 7.96. The molecule has 3 aromatic carbocycles. The molecule has 160 valence electrons.